The fourth-order valence-electron chi connectivity index (χ4n) is 3.75. The van der Waals surface area contributed by atoms with Crippen molar-refractivity contribution in [2.45, 2.75) is 44.4 Å². The Bertz CT molecular complexity index is 764. The molecule has 2 aromatic carbocycles. The zero-order valence-electron chi connectivity index (χ0n) is 15.0. The Morgan fingerprint density at radius 1 is 0.885 bits per heavy atom. The van der Waals surface area contributed by atoms with Gasteiger partial charge in [-0.25, -0.2) is 0 Å². The van der Waals surface area contributed by atoms with Gasteiger partial charge in [0, 0.05) is 0 Å². The van der Waals surface area contributed by atoms with E-state index in [0.29, 0.717) is 11.1 Å². The highest BCUT2D eigenvalue weighted by molar-refractivity contribution is 6.14. The second-order valence-electron chi connectivity index (χ2n) is 6.70. The third-order valence-corrected chi connectivity index (χ3v) is 5.06. The van der Waals surface area contributed by atoms with Crippen LogP contribution in [0.1, 0.15) is 50.2 Å². The Labute approximate surface area is 153 Å². The van der Waals surface area contributed by atoms with Crippen molar-refractivity contribution in [3.05, 3.63) is 59.7 Å². The Kier molecular flexibility index (Phi) is 5.40. The van der Waals surface area contributed by atoms with Crippen molar-refractivity contribution in [2.24, 2.45) is 0 Å². The molecule has 0 atom stereocenters. The second kappa shape index (κ2) is 7.73. The van der Waals surface area contributed by atoms with Crippen molar-refractivity contribution < 1.29 is 19.4 Å². The van der Waals surface area contributed by atoms with E-state index in [1.807, 2.05) is 24.3 Å². The highest BCUT2D eigenvalue weighted by atomic mass is 16.5. The van der Waals surface area contributed by atoms with Gasteiger partial charge in [-0.05, 0) is 28.7 Å². The molecule has 0 saturated heterocycles. The summed E-state index contributed by atoms with van der Waals surface area (Å²) in [6, 6.07) is 14.4. The summed E-state index contributed by atoms with van der Waals surface area (Å²) in [4.78, 5) is 25.4. The lowest BCUT2D eigenvalue weighted by atomic mass is 9.78. The normalized spacial score (nSPS) is 13.7. The number of carbonyl (C=O) groups is 2. The smallest absolute Gasteiger partial charge is 0.332 e. The van der Waals surface area contributed by atoms with Crippen LogP contribution < -0.4 is 0 Å². The van der Waals surface area contributed by atoms with Crippen molar-refractivity contribution in [3.8, 4) is 11.1 Å². The maximum Gasteiger partial charge on any atom is 0.332 e. The SMILES string of the molecule is CCCCCCCOC(=O)C1(C(=O)O)c2ccccc2-c2ccccc21. The molecule has 0 heterocycles. The van der Waals surface area contributed by atoms with Crippen LogP contribution in [0, 0.1) is 0 Å². The third-order valence-electron chi connectivity index (χ3n) is 5.06. The number of carbonyl (C=O) groups excluding carboxylic acids is 1. The summed E-state index contributed by atoms with van der Waals surface area (Å²) in [6.07, 6.45) is 5.14. The van der Waals surface area contributed by atoms with Crippen LogP contribution in [0.4, 0.5) is 0 Å². The summed E-state index contributed by atoms with van der Waals surface area (Å²) >= 11 is 0. The van der Waals surface area contributed by atoms with Crippen LogP contribution in [0.3, 0.4) is 0 Å². The van der Waals surface area contributed by atoms with Gasteiger partial charge >= 0.3 is 11.9 Å². The maximum absolute atomic E-state index is 13.0. The highest BCUT2D eigenvalue weighted by Crippen LogP contribution is 2.49. The number of aliphatic carboxylic acids is 1. The van der Waals surface area contributed by atoms with Gasteiger partial charge in [-0.15, -0.1) is 0 Å². The average molecular weight is 352 g/mol. The van der Waals surface area contributed by atoms with Crippen LogP contribution in [-0.4, -0.2) is 23.7 Å². The summed E-state index contributed by atoms with van der Waals surface area (Å²) in [5.74, 6) is -1.89. The lowest BCUT2D eigenvalue weighted by Crippen LogP contribution is -2.44. The van der Waals surface area contributed by atoms with E-state index in [-0.39, 0.29) is 6.61 Å². The number of rotatable bonds is 8. The second-order valence-corrected chi connectivity index (χ2v) is 6.70. The number of carboxylic acid groups (broad SMARTS) is 1. The molecular formula is C22H24O4. The minimum Gasteiger partial charge on any atom is -0.480 e. The number of unbranched alkanes of at least 4 members (excludes halogenated alkanes) is 4. The van der Waals surface area contributed by atoms with Crippen molar-refractivity contribution in [1.82, 2.24) is 0 Å². The number of hydrogen-bond donors (Lipinski definition) is 1. The fraction of sp³-hybridized carbons (Fsp3) is 0.364. The molecule has 0 bridgehead atoms. The topological polar surface area (TPSA) is 63.6 Å². The lowest BCUT2D eigenvalue weighted by Gasteiger charge is -2.25. The predicted molar refractivity (Wildman–Crippen MR) is 100 cm³/mol. The molecular weight excluding hydrogens is 328 g/mol. The predicted octanol–water partition coefficient (Wildman–Crippen LogP) is 4.55. The molecule has 1 aliphatic rings. The zero-order valence-corrected chi connectivity index (χ0v) is 15.0. The van der Waals surface area contributed by atoms with Crippen LogP contribution in [0.15, 0.2) is 48.5 Å². The first-order valence-electron chi connectivity index (χ1n) is 9.24. The quantitative estimate of drug-likeness (QED) is 0.430. The first kappa shape index (κ1) is 18.2. The molecule has 2 aromatic rings. The van der Waals surface area contributed by atoms with E-state index >= 15 is 0 Å². The molecule has 0 aliphatic heterocycles. The Hall–Kier alpha value is -2.62. The van der Waals surface area contributed by atoms with Gasteiger partial charge in [0.2, 0.25) is 5.41 Å². The van der Waals surface area contributed by atoms with Gasteiger partial charge in [0.25, 0.3) is 0 Å². The molecule has 0 radical (unpaired) electrons. The zero-order chi connectivity index (χ0) is 18.6. The van der Waals surface area contributed by atoms with Crippen molar-refractivity contribution in [3.63, 3.8) is 0 Å². The molecule has 0 unspecified atom stereocenters. The summed E-state index contributed by atoms with van der Waals surface area (Å²) in [5.41, 5.74) is 0.765. The molecule has 136 valence electrons. The molecule has 0 saturated carbocycles. The Morgan fingerprint density at radius 3 is 1.96 bits per heavy atom. The molecule has 26 heavy (non-hydrogen) atoms. The molecule has 0 spiro atoms. The first-order chi connectivity index (χ1) is 12.6. The molecule has 0 amide bonds. The fourth-order valence-corrected chi connectivity index (χ4v) is 3.75. The van der Waals surface area contributed by atoms with Gasteiger partial charge in [-0.1, -0.05) is 81.1 Å². The van der Waals surface area contributed by atoms with Gasteiger partial charge in [0.05, 0.1) is 6.61 Å². The monoisotopic (exact) mass is 352 g/mol. The van der Waals surface area contributed by atoms with Gasteiger partial charge in [0.15, 0.2) is 0 Å². The van der Waals surface area contributed by atoms with Crippen LogP contribution in [0.5, 0.6) is 0 Å². The van der Waals surface area contributed by atoms with Crippen LogP contribution in [0.2, 0.25) is 0 Å². The highest BCUT2D eigenvalue weighted by Gasteiger charge is 2.56. The maximum atomic E-state index is 13.0. The van der Waals surface area contributed by atoms with E-state index in [2.05, 4.69) is 6.92 Å². The van der Waals surface area contributed by atoms with Crippen molar-refractivity contribution in [1.29, 1.82) is 0 Å². The Balaban J connectivity index is 1.91. The molecule has 0 aromatic heterocycles. The van der Waals surface area contributed by atoms with Gasteiger partial charge in [0.1, 0.15) is 0 Å². The van der Waals surface area contributed by atoms with E-state index in [1.54, 1.807) is 24.3 Å². The van der Waals surface area contributed by atoms with E-state index in [4.69, 9.17) is 4.74 Å². The molecule has 3 rings (SSSR count). The number of fused-ring (bicyclic) bond motifs is 3. The third kappa shape index (κ3) is 2.90. The average Bonchev–Trinajstić information content (AvgIpc) is 2.96. The Morgan fingerprint density at radius 2 is 1.42 bits per heavy atom. The standard InChI is InChI=1S/C22H24O4/c1-2-3-4-5-10-15-26-21(25)22(20(23)24)18-13-8-6-11-16(18)17-12-7-9-14-19(17)22/h6-9,11-14H,2-5,10,15H2,1H3,(H,23,24). The van der Waals surface area contributed by atoms with E-state index in [1.165, 1.54) is 0 Å². The summed E-state index contributed by atoms with van der Waals surface area (Å²) < 4.78 is 5.46. The molecule has 1 aliphatic carbocycles. The first-order valence-corrected chi connectivity index (χ1v) is 9.24. The largest absolute Gasteiger partial charge is 0.480 e. The minimum absolute atomic E-state index is 0.252. The van der Waals surface area contributed by atoms with E-state index in [9.17, 15) is 14.7 Å². The number of hydrogen-bond acceptors (Lipinski definition) is 3. The van der Waals surface area contributed by atoms with Crippen molar-refractivity contribution >= 4 is 11.9 Å². The minimum atomic E-state index is -1.78. The van der Waals surface area contributed by atoms with Gasteiger partial charge in [-0.3, -0.25) is 9.59 Å². The number of ether oxygens (including phenoxy) is 1. The number of benzene rings is 2. The molecule has 4 nitrogen and oxygen atoms in total. The van der Waals surface area contributed by atoms with Crippen LogP contribution in [0.25, 0.3) is 11.1 Å². The summed E-state index contributed by atoms with van der Waals surface area (Å²) in [6.45, 7) is 2.40. The molecule has 4 heteroatoms. The van der Waals surface area contributed by atoms with Gasteiger partial charge in [-0.2, -0.15) is 0 Å². The van der Waals surface area contributed by atoms with Crippen molar-refractivity contribution in [2.75, 3.05) is 6.61 Å². The lowest BCUT2D eigenvalue weighted by molar-refractivity contribution is -0.159. The van der Waals surface area contributed by atoms with Crippen LogP contribution in [-0.2, 0) is 19.7 Å². The van der Waals surface area contributed by atoms with Gasteiger partial charge < -0.3 is 9.84 Å². The number of esters is 1. The number of carboxylic acids is 1. The van der Waals surface area contributed by atoms with Crippen LogP contribution >= 0.6 is 0 Å². The summed E-state index contributed by atoms with van der Waals surface area (Å²) in [7, 11) is 0. The van der Waals surface area contributed by atoms with E-state index < -0.39 is 17.4 Å². The summed E-state index contributed by atoms with van der Waals surface area (Å²) in [5, 5.41) is 10.1. The van der Waals surface area contributed by atoms with E-state index in [0.717, 1.165) is 43.2 Å². The molecule has 1 N–H and O–H groups in total. The molecule has 0 fully saturated rings.